The van der Waals surface area contributed by atoms with Gasteiger partial charge in [-0.15, -0.1) is 0 Å². The normalized spacial score (nSPS) is 16.1. The quantitative estimate of drug-likeness (QED) is 0.660. The lowest BCUT2D eigenvalue weighted by Crippen LogP contribution is -2.30. The van der Waals surface area contributed by atoms with Gasteiger partial charge in [-0.1, -0.05) is 36.4 Å². The van der Waals surface area contributed by atoms with Crippen molar-refractivity contribution in [2.24, 2.45) is 0 Å². The maximum atomic E-state index is 13.3. The predicted octanol–water partition coefficient (Wildman–Crippen LogP) is 4.93. The number of carbonyl (C=O) groups excluding carboxylic acids is 2. The van der Waals surface area contributed by atoms with Crippen molar-refractivity contribution >= 4 is 34.0 Å². The minimum absolute atomic E-state index is 0.0701. The number of fused-ring (bicyclic) bond motifs is 1. The van der Waals surface area contributed by atoms with E-state index in [-0.39, 0.29) is 11.8 Å². The maximum Gasteiger partial charge on any atom is 0.256 e. The Balaban J connectivity index is 1.47. The van der Waals surface area contributed by atoms with Crippen LogP contribution in [0, 0.1) is 0 Å². The Bertz CT molecular complexity index is 1120. The fourth-order valence-corrected chi connectivity index (χ4v) is 4.73. The first-order valence-corrected chi connectivity index (χ1v) is 11.2. The zero-order valence-corrected chi connectivity index (χ0v) is 17.6. The average molecular weight is 414 g/mol. The van der Waals surface area contributed by atoms with Crippen molar-refractivity contribution in [2.75, 3.05) is 36.4 Å². The molecule has 2 fully saturated rings. The molecule has 1 N–H and O–H groups in total. The number of amides is 2. The Kier molecular flexibility index (Phi) is 5.33. The molecule has 0 radical (unpaired) electrons. The molecule has 3 aromatic rings. The molecule has 0 bridgehead atoms. The number of nitrogens with one attached hydrogen (secondary N) is 1. The van der Waals surface area contributed by atoms with Crippen LogP contribution in [-0.4, -0.2) is 42.9 Å². The first kappa shape index (κ1) is 19.6. The molecule has 31 heavy (non-hydrogen) atoms. The third kappa shape index (κ3) is 3.88. The number of likely N-dealkylation sites (tertiary alicyclic amines) is 1. The van der Waals surface area contributed by atoms with Gasteiger partial charge in [0.2, 0.25) is 0 Å². The highest BCUT2D eigenvalue weighted by molar-refractivity contribution is 6.13. The van der Waals surface area contributed by atoms with Crippen LogP contribution in [0.1, 0.15) is 46.4 Å². The van der Waals surface area contributed by atoms with Gasteiger partial charge in [0.1, 0.15) is 0 Å². The number of carbonyl (C=O) groups is 2. The summed E-state index contributed by atoms with van der Waals surface area (Å²) in [6, 6.07) is 19.4. The summed E-state index contributed by atoms with van der Waals surface area (Å²) in [6.07, 6.45) is 4.42. The predicted molar refractivity (Wildman–Crippen MR) is 125 cm³/mol. The minimum atomic E-state index is -0.162. The highest BCUT2D eigenvalue weighted by Gasteiger charge is 2.25. The van der Waals surface area contributed by atoms with E-state index in [9.17, 15) is 9.59 Å². The van der Waals surface area contributed by atoms with Gasteiger partial charge in [-0.3, -0.25) is 9.59 Å². The first-order valence-electron chi connectivity index (χ1n) is 11.2. The van der Waals surface area contributed by atoms with E-state index in [1.165, 1.54) is 0 Å². The van der Waals surface area contributed by atoms with Gasteiger partial charge in [-0.05, 0) is 60.7 Å². The molecule has 2 heterocycles. The second-order valence-corrected chi connectivity index (χ2v) is 8.41. The second kappa shape index (κ2) is 8.42. The van der Waals surface area contributed by atoms with Crippen LogP contribution in [0.25, 0.3) is 10.8 Å². The Morgan fingerprint density at radius 3 is 2.26 bits per heavy atom. The summed E-state index contributed by atoms with van der Waals surface area (Å²) < 4.78 is 0. The van der Waals surface area contributed by atoms with E-state index in [1.807, 2.05) is 65.6 Å². The van der Waals surface area contributed by atoms with E-state index in [1.54, 1.807) is 0 Å². The van der Waals surface area contributed by atoms with Gasteiger partial charge in [-0.2, -0.15) is 0 Å². The summed E-state index contributed by atoms with van der Waals surface area (Å²) in [5.41, 5.74) is 2.97. The van der Waals surface area contributed by atoms with Crippen molar-refractivity contribution in [1.82, 2.24) is 4.90 Å². The highest BCUT2D eigenvalue weighted by Crippen LogP contribution is 2.30. The molecule has 0 saturated carbocycles. The number of nitrogens with zero attached hydrogens (tertiary/aromatic N) is 2. The largest absolute Gasteiger partial charge is 0.371 e. The molecule has 0 aromatic heterocycles. The van der Waals surface area contributed by atoms with Crippen LogP contribution in [0.4, 0.5) is 11.4 Å². The van der Waals surface area contributed by atoms with E-state index >= 15 is 0 Å². The lowest BCUT2D eigenvalue weighted by Gasteiger charge is -2.24. The van der Waals surface area contributed by atoms with Crippen molar-refractivity contribution in [3.8, 4) is 0 Å². The molecule has 2 saturated heterocycles. The van der Waals surface area contributed by atoms with Crippen LogP contribution in [0.3, 0.4) is 0 Å². The van der Waals surface area contributed by atoms with Gasteiger partial charge in [0, 0.05) is 43.1 Å². The number of hydrogen-bond donors (Lipinski definition) is 1. The number of hydrogen-bond acceptors (Lipinski definition) is 3. The van der Waals surface area contributed by atoms with Gasteiger partial charge < -0.3 is 15.1 Å². The number of rotatable bonds is 4. The fourth-order valence-electron chi connectivity index (χ4n) is 4.73. The summed E-state index contributed by atoms with van der Waals surface area (Å²) >= 11 is 0. The van der Waals surface area contributed by atoms with Crippen molar-refractivity contribution in [3.05, 3.63) is 71.8 Å². The van der Waals surface area contributed by atoms with Crippen LogP contribution in [0.5, 0.6) is 0 Å². The standard InChI is InChI=1S/C26H27N3O2/c30-25(22-11-7-9-19-8-1-2-10-21(19)22)27-20-12-13-24(28-14-3-4-15-28)23(18-20)26(31)29-16-5-6-17-29/h1-2,7-13,18H,3-6,14-17H2,(H,27,30). The molecule has 0 aliphatic carbocycles. The van der Waals surface area contributed by atoms with Crippen LogP contribution < -0.4 is 10.2 Å². The Hall–Kier alpha value is -3.34. The van der Waals surface area contributed by atoms with Gasteiger partial charge in [-0.25, -0.2) is 0 Å². The highest BCUT2D eigenvalue weighted by atomic mass is 16.2. The molecule has 3 aromatic carbocycles. The number of benzene rings is 3. The molecule has 5 nitrogen and oxygen atoms in total. The molecule has 0 unspecified atom stereocenters. The van der Waals surface area contributed by atoms with Gasteiger partial charge in [0.15, 0.2) is 0 Å². The van der Waals surface area contributed by atoms with Crippen LogP contribution in [0.2, 0.25) is 0 Å². The fraction of sp³-hybridized carbons (Fsp3) is 0.308. The van der Waals surface area contributed by atoms with E-state index in [4.69, 9.17) is 0 Å². The Morgan fingerprint density at radius 1 is 0.742 bits per heavy atom. The monoisotopic (exact) mass is 413 g/mol. The first-order chi connectivity index (χ1) is 15.2. The minimum Gasteiger partial charge on any atom is -0.371 e. The molecule has 0 spiro atoms. The van der Waals surface area contributed by atoms with Gasteiger partial charge in [0.05, 0.1) is 5.56 Å². The lowest BCUT2D eigenvalue weighted by atomic mass is 10.0. The summed E-state index contributed by atoms with van der Waals surface area (Å²) in [7, 11) is 0. The summed E-state index contributed by atoms with van der Waals surface area (Å²) in [6.45, 7) is 3.57. The Morgan fingerprint density at radius 2 is 1.45 bits per heavy atom. The summed E-state index contributed by atoms with van der Waals surface area (Å²) in [5, 5.41) is 4.98. The Labute approximate surface area is 182 Å². The average Bonchev–Trinajstić information content (AvgIpc) is 3.53. The van der Waals surface area contributed by atoms with Crippen LogP contribution in [0.15, 0.2) is 60.7 Å². The van der Waals surface area contributed by atoms with E-state index in [2.05, 4.69) is 10.2 Å². The van der Waals surface area contributed by atoms with Gasteiger partial charge >= 0.3 is 0 Å². The van der Waals surface area contributed by atoms with Gasteiger partial charge in [0.25, 0.3) is 11.8 Å². The van der Waals surface area contributed by atoms with Crippen LogP contribution in [-0.2, 0) is 0 Å². The molecule has 2 amide bonds. The zero-order chi connectivity index (χ0) is 21.2. The SMILES string of the molecule is O=C(Nc1ccc(N2CCCC2)c(C(=O)N2CCCC2)c1)c1cccc2ccccc12. The molecule has 0 atom stereocenters. The smallest absolute Gasteiger partial charge is 0.256 e. The zero-order valence-electron chi connectivity index (χ0n) is 17.6. The maximum absolute atomic E-state index is 13.3. The van der Waals surface area contributed by atoms with Crippen molar-refractivity contribution < 1.29 is 9.59 Å². The van der Waals surface area contributed by atoms with Crippen molar-refractivity contribution in [3.63, 3.8) is 0 Å². The molecule has 158 valence electrons. The van der Waals surface area contributed by atoms with E-state index in [0.717, 1.165) is 68.3 Å². The molecular formula is C26H27N3O2. The molecular weight excluding hydrogens is 386 g/mol. The molecule has 5 rings (SSSR count). The summed E-state index contributed by atoms with van der Waals surface area (Å²) in [5.74, 6) is -0.0917. The number of anilines is 2. The lowest BCUT2D eigenvalue weighted by molar-refractivity contribution is 0.0793. The second-order valence-electron chi connectivity index (χ2n) is 8.41. The van der Waals surface area contributed by atoms with Crippen molar-refractivity contribution in [1.29, 1.82) is 0 Å². The van der Waals surface area contributed by atoms with E-state index in [0.29, 0.717) is 16.8 Å². The summed E-state index contributed by atoms with van der Waals surface area (Å²) in [4.78, 5) is 30.6. The van der Waals surface area contributed by atoms with Crippen molar-refractivity contribution in [2.45, 2.75) is 25.7 Å². The molecule has 2 aliphatic rings. The third-order valence-corrected chi connectivity index (χ3v) is 6.36. The third-order valence-electron chi connectivity index (χ3n) is 6.36. The van der Waals surface area contributed by atoms with E-state index < -0.39 is 0 Å². The van der Waals surface area contributed by atoms with Crippen LogP contribution >= 0.6 is 0 Å². The molecule has 2 aliphatic heterocycles. The molecule has 5 heteroatoms. The topological polar surface area (TPSA) is 52.7 Å².